The van der Waals surface area contributed by atoms with Crippen molar-refractivity contribution in [2.24, 2.45) is 0 Å². The van der Waals surface area contributed by atoms with Gasteiger partial charge >= 0.3 is 11.7 Å². The Morgan fingerprint density at radius 3 is 2.42 bits per heavy atom. The van der Waals surface area contributed by atoms with Crippen molar-refractivity contribution in [2.75, 3.05) is 10.7 Å². The Morgan fingerprint density at radius 2 is 1.79 bits per heavy atom. The number of nitrogens with one attached hydrogen (secondary N) is 3. The second-order valence-electron chi connectivity index (χ2n) is 4.43. The third kappa shape index (κ3) is 4.30. The number of carbonyl (C=O) groups excluding carboxylic acids is 1. The van der Waals surface area contributed by atoms with E-state index in [2.05, 4.69) is 16.2 Å². The minimum atomic E-state index is -0.800. The number of amides is 2. The fraction of sp³-hybridized carbons (Fsp3) is 0. The SMILES string of the molecule is O=C(NNc1ccc([N+](=O)[O-])cc1[N+](=O)[O-])Nc1cccc(Cl)c1. The molecule has 124 valence electrons. The molecule has 0 radical (unpaired) electrons. The van der Waals surface area contributed by atoms with Crippen molar-refractivity contribution in [1.29, 1.82) is 0 Å². The van der Waals surface area contributed by atoms with Crippen molar-refractivity contribution < 1.29 is 14.6 Å². The number of hydrogen-bond donors (Lipinski definition) is 3. The van der Waals surface area contributed by atoms with E-state index in [1.54, 1.807) is 18.2 Å². The molecule has 2 amide bonds. The van der Waals surface area contributed by atoms with Gasteiger partial charge < -0.3 is 5.32 Å². The number of nitro benzene ring substituents is 2. The first-order chi connectivity index (χ1) is 11.4. The van der Waals surface area contributed by atoms with E-state index in [4.69, 9.17) is 11.6 Å². The molecule has 0 aliphatic rings. The summed E-state index contributed by atoms with van der Waals surface area (Å²) in [6.45, 7) is 0. The number of anilines is 2. The Hall–Kier alpha value is -3.40. The van der Waals surface area contributed by atoms with Gasteiger partial charge in [-0.25, -0.2) is 4.79 Å². The number of nitrogens with zero attached hydrogens (tertiary/aromatic N) is 2. The molecule has 0 bridgehead atoms. The van der Waals surface area contributed by atoms with E-state index >= 15 is 0 Å². The molecule has 0 saturated heterocycles. The number of carbonyl (C=O) groups is 1. The fourth-order valence-electron chi connectivity index (χ4n) is 1.74. The van der Waals surface area contributed by atoms with Crippen LogP contribution < -0.4 is 16.2 Å². The molecule has 2 aromatic carbocycles. The van der Waals surface area contributed by atoms with Crippen LogP contribution in [0.1, 0.15) is 0 Å². The molecule has 11 heteroatoms. The van der Waals surface area contributed by atoms with Crippen molar-refractivity contribution in [3.63, 3.8) is 0 Å². The molecule has 3 N–H and O–H groups in total. The average Bonchev–Trinajstić information content (AvgIpc) is 2.52. The standard InChI is InChI=1S/C13H10ClN5O5/c14-8-2-1-3-9(6-8)15-13(20)17-16-11-5-4-10(18(21)22)7-12(11)19(23)24/h1-7,16H,(H2,15,17,20). The molecular weight excluding hydrogens is 342 g/mol. The normalized spacial score (nSPS) is 9.88. The number of benzene rings is 2. The number of hydrogen-bond acceptors (Lipinski definition) is 6. The zero-order valence-electron chi connectivity index (χ0n) is 11.9. The summed E-state index contributed by atoms with van der Waals surface area (Å²) in [6.07, 6.45) is 0. The monoisotopic (exact) mass is 351 g/mol. The lowest BCUT2D eigenvalue weighted by Gasteiger charge is -2.10. The summed E-state index contributed by atoms with van der Waals surface area (Å²) in [7, 11) is 0. The third-order valence-corrected chi connectivity index (χ3v) is 3.02. The van der Waals surface area contributed by atoms with Crippen molar-refractivity contribution in [1.82, 2.24) is 5.43 Å². The highest BCUT2D eigenvalue weighted by molar-refractivity contribution is 6.30. The number of rotatable bonds is 5. The molecule has 0 aromatic heterocycles. The summed E-state index contributed by atoms with van der Waals surface area (Å²) >= 11 is 5.78. The summed E-state index contributed by atoms with van der Waals surface area (Å²) in [5.41, 5.74) is 3.86. The lowest BCUT2D eigenvalue weighted by Crippen LogP contribution is -2.33. The number of nitro groups is 2. The first-order valence-electron chi connectivity index (χ1n) is 6.38. The van der Waals surface area contributed by atoms with Crippen molar-refractivity contribution in [2.45, 2.75) is 0 Å². The highest BCUT2D eigenvalue weighted by Gasteiger charge is 2.19. The van der Waals surface area contributed by atoms with Gasteiger partial charge in [-0.2, -0.15) is 0 Å². The summed E-state index contributed by atoms with van der Waals surface area (Å²) in [5, 5.41) is 24.5. The van der Waals surface area contributed by atoms with Crippen LogP contribution in [-0.2, 0) is 0 Å². The van der Waals surface area contributed by atoms with Crippen LogP contribution in [0.5, 0.6) is 0 Å². The second kappa shape index (κ2) is 7.24. The van der Waals surface area contributed by atoms with E-state index in [0.29, 0.717) is 10.7 Å². The van der Waals surface area contributed by atoms with E-state index in [0.717, 1.165) is 18.2 Å². The molecule has 10 nitrogen and oxygen atoms in total. The van der Waals surface area contributed by atoms with Crippen LogP contribution in [0, 0.1) is 20.2 Å². The van der Waals surface area contributed by atoms with Gasteiger partial charge in [0.2, 0.25) is 0 Å². The molecule has 0 saturated carbocycles. The van der Waals surface area contributed by atoms with Gasteiger partial charge in [0, 0.05) is 16.8 Å². The maximum Gasteiger partial charge on any atom is 0.337 e. The van der Waals surface area contributed by atoms with Gasteiger partial charge in [-0.15, -0.1) is 0 Å². The predicted molar refractivity (Wildman–Crippen MR) is 87.0 cm³/mol. The molecule has 0 heterocycles. The maximum absolute atomic E-state index is 11.7. The molecule has 0 aliphatic carbocycles. The molecule has 24 heavy (non-hydrogen) atoms. The second-order valence-corrected chi connectivity index (χ2v) is 4.87. The van der Waals surface area contributed by atoms with Gasteiger partial charge in [-0.3, -0.25) is 31.1 Å². The summed E-state index contributed by atoms with van der Waals surface area (Å²) < 4.78 is 0. The van der Waals surface area contributed by atoms with Gasteiger partial charge in [0.05, 0.1) is 15.9 Å². The Bertz CT molecular complexity index is 813. The van der Waals surface area contributed by atoms with Crippen molar-refractivity contribution in [3.05, 3.63) is 67.7 Å². The number of urea groups is 1. The third-order valence-electron chi connectivity index (χ3n) is 2.78. The quantitative estimate of drug-likeness (QED) is 0.557. The van der Waals surface area contributed by atoms with Crippen LogP contribution in [-0.4, -0.2) is 15.9 Å². The summed E-state index contributed by atoms with van der Waals surface area (Å²) in [4.78, 5) is 31.8. The fourth-order valence-corrected chi connectivity index (χ4v) is 1.93. The van der Waals surface area contributed by atoms with Crippen LogP contribution in [0.4, 0.5) is 27.5 Å². The molecule has 0 unspecified atom stereocenters. The zero-order chi connectivity index (χ0) is 17.7. The Morgan fingerprint density at radius 1 is 1.04 bits per heavy atom. The Kier molecular flexibility index (Phi) is 5.12. The zero-order valence-corrected chi connectivity index (χ0v) is 12.6. The predicted octanol–water partition coefficient (Wildman–Crippen LogP) is 3.31. The molecule has 0 spiro atoms. The molecular formula is C13H10ClN5O5. The van der Waals surface area contributed by atoms with Crippen LogP contribution in [0.15, 0.2) is 42.5 Å². The molecule has 2 rings (SSSR count). The average molecular weight is 352 g/mol. The van der Waals surface area contributed by atoms with Crippen molar-refractivity contribution >= 4 is 40.4 Å². The molecule has 0 atom stereocenters. The van der Waals surface area contributed by atoms with Gasteiger partial charge in [-0.1, -0.05) is 17.7 Å². The van der Waals surface area contributed by atoms with E-state index in [9.17, 15) is 25.0 Å². The lowest BCUT2D eigenvalue weighted by molar-refractivity contribution is -0.393. The molecule has 0 aliphatic heterocycles. The summed E-state index contributed by atoms with van der Waals surface area (Å²) in [5.74, 6) is 0. The van der Waals surface area contributed by atoms with Crippen LogP contribution in [0.3, 0.4) is 0 Å². The van der Waals surface area contributed by atoms with E-state index in [1.807, 2.05) is 0 Å². The topological polar surface area (TPSA) is 139 Å². The maximum atomic E-state index is 11.7. The van der Waals surface area contributed by atoms with Crippen molar-refractivity contribution in [3.8, 4) is 0 Å². The van der Waals surface area contributed by atoms with E-state index in [-0.39, 0.29) is 5.69 Å². The summed E-state index contributed by atoms with van der Waals surface area (Å²) in [6, 6.07) is 8.65. The van der Waals surface area contributed by atoms with E-state index < -0.39 is 27.3 Å². The number of hydrazine groups is 1. The highest BCUT2D eigenvalue weighted by Crippen LogP contribution is 2.28. The Balaban J connectivity index is 2.07. The Labute approximate surface area is 139 Å². The minimum absolute atomic E-state index is 0.105. The minimum Gasteiger partial charge on any atom is -0.307 e. The van der Waals surface area contributed by atoms with Gasteiger partial charge in [-0.05, 0) is 24.3 Å². The first kappa shape index (κ1) is 17.0. The number of non-ortho nitro benzene ring substituents is 1. The smallest absolute Gasteiger partial charge is 0.307 e. The first-order valence-corrected chi connectivity index (χ1v) is 6.76. The largest absolute Gasteiger partial charge is 0.337 e. The van der Waals surface area contributed by atoms with Crippen LogP contribution >= 0.6 is 11.6 Å². The molecule has 0 fully saturated rings. The van der Waals surface area contributed by atoms with Crippen LogP contribution in [0.25, 0.3) is 0 Å². The number of halogens is 1. The van der Waals surface area contributed by atoms with Crippen LogP contribution in [0.2, 0.25) is 5.02 Å². The van der Waals surface area contributed by atoms with Gasteiger partial charge in [0.25, 0.3) is 5.69 Å². The van der Waals surface area contributed by atoms with Gasteiger partial charge in [0.1, 0.15) is 5.69 Å². The van der Waals surface area contributed by atoms with E-state index in [1.165, 1.54) is 6.07 Å². The molecule has 2 aromatic rings. The highest BCUT2D eigenvalue weighted by atomic mass is 35.5. The lowest BCUT2D eigenvalue weighted by atomic mass is 10.2. The van der Waals surface area contributed by atoms with Gasteiger partial charge in [0.15, 0.2) is 0 Å².